The fraction of sp³-hybridized carbons (Fsp3) is 0.650. The quantitative estimate of drug-likeness (QED) is 0.787. The van der Waals surface area contributed by atoms with Gasteiger partial charge in [0.1, 0.15) is 0 Å². The molecule has 0 amide bonds. The molecule has 2 heteroatoms. The Morgan fingerprint density at radius 1 is 1.18 bits per heavy atom. The van der Waals surface area contributed by atoms with E-state index in [2.05, 4.69) is 44.2 Å². The summed E-state index contributed by atoms with van der Waals surface area (Å²) in [6.45, 7) is 4.68. The lowest BCUT2D eigenvalue weighted by Gasteiger charge is -2.90. The van der Waals surface area contributed by atoms with Crippen molar-refractivity contribution in [2.75, 3.05) is 0 Å². The van der Waals surface area contributed by atoms with Crippen LogP contribution >= 0.6 is 12.2 Å². The molecule has 3 aliphatic rings. The molecule has 1 nitrogen and oxygen atoms in total. The van der Waals surface area contributed by atoms with Gasteiger partial charge in [-0.1, -0.05) is 75.7 Å². The Bertz CT molecular complexity index is 611. The SMILES string of the molecule is CCCC1CC2(C(N)=S)CC3(c4ccccc4)CC(CC)C123. The summed E-state index contributed by atoms with van der Waals surface area (Å²) in [5.41, 5.74) is 8.78. The van der Waals surface area contributed by atoms with Gasteiger partial charge in [-0.15, -0.1) is 0 Å². The van der Waals surface area contributed by atoms with E-state index >= 15 is 0 Å². The highest BCUT2D eigenvalue weighted by molar-refractivity contribution is 7.80. The zero-order valence-electron chi connectivity index (χ0n) is 13.8. The molecule has 1 aromatic rings. The molecule has 0 bridgehead atoms. The molecule has 5 unspecified atom stereocenters. The van der Waals surface area contributed by atoms with Crippen LogP contribution in [-0.2, 0) is 5.41 Å². The minimum absolute atomic E-state index is 0.178. The monoisotopic (exact) mass is 313 g/mol. The van der Waals surface area contributed by atoms with Crippen LogP contribution < -0.4 is 5.73 Å². The van der Waals surface area contributed by atoms with E-state index < -0.39 is 0 Å². The lowest BCUT2D eigenvalue weighted by atomic mass is 9.13. The largest absolute Gasteiger partial charge is 0.393 e. The molecule has 3 fully saturated rings. The van der Waals surface area contributed by atoms with Gasteiger partial charge in [-0.3, -0.25) is 0 Å². The Labute approximate surface area is 139 Å². The van der Waals surface area contributed by atoms with E-state index in [-0.39, 0.29) is 5.41 Å². The molecule has 5 atom stereocenters. The molecule has 118 valence electrons. The van der Waals surface area contributed by atoms with Gasteiger partial charge < -0.3 is 5.73 Å². The molecule has 4 rings (SSSR count). The van der Waals surface area contributed by atoms with Crippen molar-refractivity contribution in [2.24, 2.45) is 28.4 Å². The summed E-state index contributed by atoms with van der Waals surface area (Å²) in [4.78, 5) is 0.810. The van der Waals surface area contributed by atoms with Crippen molar-refractivity contribution in [1.82, 2.24) is 0 Å². The van der Waals surface area contributed by atoms with Crippen LogP contribution in [0.4, 0.5) is 0 Å². The number of thiocarbonyl (C=S) groups is 1. The second kappa shape index (κ2) is 4.56. The Hall–Kier alpha value is -0.890. The molecule has 3 aliphatic carbocycles. The summed E-state index contributed by atoms with van der Waals surface area (Å²) >= 11 is 5.58. The van der Waals surface area contributed by atoms with Crippen LogP contribution in [-0.4, -0.2) is 4.99 Å². The third-order valence-corrected chi connectivity index (χ3v) is 7.98. The van der Waals surface area contributed by atoms with Crippen LogP contribution in [0.3, 0.4) is 0 Å². The summed E-state index contributed by atoms with van der Waals surface area (Å²) in [7, 11) is 0. The van der Waals surface area contributed by atoms with Crippen molar-refractivity contribution >= 4 is 17.2 Å². The Morgan fingerprint density at radius 2 is 1.91 bits per heavy atom. The third kappa shape index (κ3) is 1.28. The minimum Gasteiger partial charge on any atom is -0.393 e. The molecule has 0 radical (unpaired) electrons. The number of rotatable bonds is 5. The summed E-state index contributed by atoms with van der Waals surface area (Å²) in [5.74, 6) is 1.64. The van der Waals surface area contributed by atoms with Crippen LogP contribution in [0.2, 0.25) is 0 Å². The first-order valence-electron chi connectivity index (χ1n) is 8.94. The summed E-state index contributed by atoms with van der Waals surface area (Å²) < 4.78 is 0. The number of nitrogens with two attached hydrogens (primary N) is 1. The van der Waals surface area contributed by atoms with E-state index in [9.17, 15) is 0 Å². The topological polar surface area (TPSA) is 26.0 Å². The first-order chi connectivity index (χ1) is 10.6. The van der Waals surface area contributed by atoms with E-state index in [0.717, 1.165) is 16.8 Å². The van der Waals surface area contributed by atoms with E-state index in [0.29, 0.717) is 10.8 Å². The molecule has 3 saturated carbocycles. The summed E-state index contributed by atoms with van der Waals surface area (Å²) in [6, 6.07) is 11.2. The molecule has 1 spiro atoms. The van der Waals surface area contributed by atoms with Crippen LogP contribution in [0.15, 0.2) is 30.3 Å². The standard InChI is InChI=1S/C20H27NS/c1-3-8-16-12-19(17(21)22)13-18(15-9-6-5-7-10-15)11-14(4-2)20(16,18)19/h5-7,9-10,14,16H,3-4,8,11-13H2,1-2H3,(H2,21,22). The Kier molecular flexibility index (Phi) is 3.05. The maximum Gasteiger partial charge on any atom is 0.0796 e. The van der Waals surface area contributed by atoms with Crippen LogP contribution in [0.5, 0.6) is 0 Å². The van der Waals surface area contributed by atoms with Crippen molar-refractivity contribution in [2.45, 2.75) is 57.8 Å². The molecule has 0 aliphatic heterocycles. The van der Waals surface area contributed by atoms with Gasteiger partial charge in [0.25, 0.3) is 0 Å². The molecular formula is C20H27NS. The van der Waals surface area contributed by atoms with Crippen LogP contribution in [0.25, 0.3) is 0 Å². The highest BCUT2D eigenvalue weighted by atomic mass is 32.1. The first-order valence-corrected chi connectivity index (χ1v) is 9.35. The van der Waals surface area contributed by atoms with Crippen molar-refractivity contribution < 1.29 is 0 Å². The van der Waals surface area contributed by atoms with Crippen molar-refractivity contribution in [3.8, 4) is 0 Å². The Balaban J connectivity index is 1.81. The molecule has 2 N–H and O–H groups in total. The van der Waals surface area contributed by atoms with Crippen LogP contribution in [0, 0.1) is 22.7 Å². The lowest BCUT2D eigenvalue weighted by Crippen LogP contribution is -2.89. The average molecular weight is 314 g/mol. The zero-order valence-corrected chi connectivity index (χ0v) is 14.6. The lowest BCUT2D eigenvalue weighted by molar-refractivity contribution is -0.358. The maximum absolute atomic E-state index is 6.30. The molecular weight excluding hydrogens is 286 g/mol. The van der Waals surface area contributed by atoms with Gasteiger partial charge in [-0.05, 0) is 42.1 Å². The van der Waals surface area contributed by atoms with Crippen LogP contribution in [0.1, 0.15) is 57.9 Å². The van der Waals surface area contributed by atoms with Crippen molar-refractivity contribution in [1.29, 1.82) is 0 Å². The summed E-state index contributed by atoms with van der Waals surface area (Å²) in [6.07, 6.45) is 7.70. The highest BCUT2D eigenvalue weighted by Gasteiger charge is 2.89. The van der Waals surface area contributed by atoms with E-state index in [1.807, 2.05) is 0 Å². The minimum atomic E-state index is 0.178. The van der Waals surface area contributed by atoms with Gasteiger partial charge in [0.05, 0.1) is 4.99 Å². The van der Waals surface area contributed by atoms with E-state index in [1.165, 1.54) is 38.5 Å². The van der Waals surface area contributed by atoms with E-state index in [4.69, 9.17) is 18.0 Å². The molecule has 0 aromatic heterocycles. The first kappa shape index (κ1) is 14.7. The number of benzene rings is 1. The molecule has 0 saturated heterocycles. The van der Waals surface area contributed by atoms with Gasteiger partial charge in [-0.2, -0.15) is 0 Å². The van der Waals surface area contributed by atoms with Crippen molar-refractivity contribution in [3.63, 3.8) is 0 Å². The molecule has 22 heavy (non-hydrogen) atoms. The highest BCUT2D eigenvalue weighted by Crippen LogP contribution is 2.91. The molecule has 1 aromatic carbocycles. The predicted octanol–water partition coefficient (Wildman–Crippen LogP) is 4.84. The van der Waals surface area contributed by atoms with Gasteiger partial charge in [0.2, 0.25) is 0 Å². The predicted molar refractivity (Wildman–Crippen MR) is 95.8 cm³/mol. The number of hydrogen-bond acceptors (Lipinski definition) is 1. The van der Waals surface area contributed by atoms with E-state index in [1.54, 1.807) is 5.56 Å². The second-order valence-electron chi connectivity index (χ2n) is 7.94. The van der Waals surface area contributed by atoms with Gasteiger partial charge in [-0.25, -0.2) is 0 Å². The fourth-order valence-corrected chi connectivity index (χ4v) is 7.51. The zero-order chi connectivity index (χ0) is 15.6. The normalized spacial score (nSPS) is 44.8. The number of hydrogen-bond donors (Lipinski definition) is 1. The smallest absolute Gasteiger partial charge is 0.0796 e. The second-order valence-corrected chi connectivity index (χ2v) is 8.38. The average Bonchev–Trinajstić information content (AvgIpc) is 2.49. The van der Waals surface area contributed by atoms with Gasteiger partial charge in [0, 0.05) is 10.8 Å². The molecule has 0 heterocycles. The Morgan fingerprint density at radius 3 is 2.50 bits per heavy atom. The van der Waals surface area contributed by atoms with Crippen molar-refractivity contribution in [3.05, 3.63) is 35.9 Å². The summed E-state index contributed by atoms with van der Waals surface area (Å²) in [5, 5.41) is 0. The van der Waals surface area contributed by atoms with Gasteiger partial charge in [0.15, 0.2) is 0 Å². The fourth-order valence-electron chi connectivity index (χ4n) is 7.19. The van der Waals surface area contributed by atoms with Gasteiger partial charge >= 0.3 is 0 Å². The maximum atomic E-state index is 6.30. The third-order valence-electron chi connectivity index (χ3n) is 7.59.